The van der Waals surface area contributed by atoms with Crippen LogP contribution < -0.4 is 0 Å². The molecular formula is C17H21N3O3S. The summed E-state index contributed by atoms with van der Waals surface area (Å²) in [6.45, 7) is 1.77. The fourth-order valence-corrected chi connectivity index (χ4v) is 4.37. The van der Waals surface area contributed by atoms with Crippen molar-refractivity contribution in [3.05, 3.63) is 54.4 Å². The van der Waals surface area contributed by atoms with Gasteiger partial charge in [-0.3, -0.25) is 4.79 Å². The van der Waals surface area contributed by atoms with E-state index in [9.17, 15) is 13.2 Å². The molecule has 0 radical (unpaired) electrons. The molecule has 2 heterocycles. The van der Waals surface area contributed by atoms with Gasteiger partial charge in [-0.2, -0.15) is 4.31 Å². The summed E-state index contributed by atoms with van der Waals surface area (Å²) in [6.07, 6.45) is 2.75. The lowest BCUT2D eigenvalue weighted by Gasteiger charge is -2.22. The van der Waals surface area contributed by atoms with Crippen LogP contribution in [-0.4, -0.2) is 54.7 Å². The third-order valence-electron chi connectivity index (χ3n) is 4.19. The molecule has 1 saturated heterocycles. The summed E-state index contributed by atoms with van der Waals surface area (Å²) in [6, 6.07) is 12.2. The molecule has 1 aliphatic heterocycles. The van der Waals surface area contributed by atoms with Gasteiger partial charge in [-0.05, 0) is 30.7 Å². The number of aromatic amines is 1. The van der Waals surface area contributed by atoms with E-state index in [0.29, 0.717) is 43.9 Å². The Morgan fingerprint density at radius 2 is 1.79 bits per heavy atom. The fourth-order valence-electron chi connectivity index (χ4n) is 2.88. The third kappa shape index (κ3) is 3.68. The predicted molar refractivity (Wildman–Crippen MR) is 90.9 cm³/mol. The molecule has 0 bridgehead atoms. The second-order valence-electron chi connectivity index (χ2n) is 5.82. The van der Waals surface area contributed by atoms with Gasteiger partial charge in [0.2, 0.25) is 15.9 Å². The summed E-state index contributed by atoms with van der Waals surface area (Å²) < 4.78 is 26.9. The average Bonchev–Trinajstić information content (AvgIpc) is 2.96. The molecule has 1 aliphatic rings. The summed E-state index contributed by atoms with van der Waals surface area (Å²) in [5, 5.41) is 0. The van der Waals surface area contributed by atoms with Crippen LogP contribution in [0.4, 0.5) is 0 Å². The first-order valence-corrected chi connectivity index (χ1v) is 9.46. The number of aromatic nitrogens is 1. The molecule has 0 unspecified atom stereocenters. The normalized spacial score (nSPS) is 16.8. The van der Waals surface area contributed by atoms with Gasteiger partial charge in [-0.25, -0.2) is 8.42 Å². The van der Waals surface area contributed by atoms with Crippen molar-refractivity contribution in [1.29, 1.82) is 0 Å². The number of hydrogen-bond acceptors (Lipinski definition) is 3. The van der Waals surface area contributed by atoms with E-state index in [2.05, 4.69) is 4.98 Å². The Labute approximate surface area is 142 Å². The Morgan fingerprint density at radius 3 is 2.50 bits per heavy atom. The number of H-pyrrole nitrogens is 1. The number of carbonyl (C=O) groups excluding carboxylic acids is 1. The monoisotopic (exact) mass is 347 g/mol. The van der Waals surface area contributed by atoms with E-state index in [-0.39, 0.29) is 5.91 Å². The number of amides is 1. The van der Waals surface area contributed by atoms with Gasteiger partial charge >= 0.3 is 0 Å². The second-order valence-corrected chi connectivity index (χ2v) is 7.76. The number of nitrogens with one attached hydrogen (secondary N) is 1. The van der Waals surface area contributed by atoms with Crippen molar-refractivity contribution in [2.24, 2.45) is 0 Å². The first kappa shape index (κ1) is 16.7. The van der Waals surface area contributed by atoms with Gasteiger partial charge in [-0.15, -0.1) is 0 Å². The van der Waals surface area contributed by atoms with E-state index in [0.717, 1.165) is 5.69 Å². The molecule has 24 heavy (non-hydrogen) atoms. The predicted octanol–water partition coefficient (Wildman–Crippen LogP) is 1.48. The second kappa shape index (κ2) is 7.19. The fraction of sp³-hybridized carbons (Fsp3) is 0.353. The number of carbonyl (C=O) groups is 1. The summed E-state index contributed by atoms with van der Waals surface area (Å²) in [4.78, 5) is 17.5. The van der Waals surface area contributed by atoms with Crippen LogP contribution in [0.2, 0.25) is 0 Å². The van der Waals surface area contributed by atoms with Crippen molar-refractivity contribution in [3.63, 3.8) is 0 Å². The number of rotatable bonds is 4. The molecule has 1 N–H and O–H groups in total. The minimum Gasteiger partial charge on any atom is -0.365 e. The molecule has 1 fully saturated rings. The Bertz CT molecular complexity index is 773. The van der Waals surface area contributed by atoms with Crippen LogP contribution in [0, 0.1) is 0 Å². The van der Waals surface area contributed by atoms with Crippen LogP contribution in [0.3, 0.4) is 0 Å². The maximum atomic E-state index is 12.7. The maximum Gasteiger partial charge on any atom is 0.243 e. The zero-order valence-electron chi connectivity index (χ0n) is 13.4. The molecule has 1 aromatic heterocycles. The molecular weight excluding hydrogens is 326 g/mol. The third-order valence-corrected chi connectivity index (χ3v) is 6.11. The van der Waals surface area contributed by atoms with Crippen molar-refractivity contribution in [3.8, 4) is 0 Å². The van der Waals surface area contributed by atoms with E-state index in [4.69, 9.17) is 0 Å². The van der Waals surface area contributed by atoms with Gasteiger partial charge in [0.1, 0.15) is 0 Å². The molecule has 1 amide bonds. The molecule has 2 aromatic rings. The highest BCUT2D eigenvalue weighted by atomic mass is 32.2. The Morgan fingerprint density at radius 1 is 1.00 bits per heavy atom. The van der Waals surface area contributed by atoms with Gasteiger partial charge in [0, 0.05) is 38.1 Å². The van der Waals surface area contributed by atoms with Crippen molar-refractivity contribution in [2.75, 3.05) is 26.2 Å². The zero-order chi connectivity index (χ0) is 17.0. The van der Waals surface area contributed by atoms with E-state index < -0.39 is 10.0 Å². The smallest absolute Gasteiger partial charge is 0.243 e. The molecule has 128 valence electrons. The molecule has 6 nitrogen and oxygen atoms in total. The molecule has 7 heteroatoms. The van der Waals surface area contributed by atoms with Crippen LogP contribution in [-0.2, 0) is 21.2 Å². The topological polar surface area (TPSA) is 73.5 Å². The van der Waals surface area contributed by atoms with Gasteiger partial charge in [0.25, 0.3) is 0 Å². The van der Waals surface area contributed by atoms with Crippen LogP contribution >= 0.6 is 0 Å². The molecule has 0 aliphatic carbocycles. The Balaban J connectivity index is 1.66. The van der Waals surface area contributed by atoms with Crippen molar-refractivity contribution in [1.82, 2.24) is 14.2 Å². The molecule has 0 saturated carbocycles. The van der Waals surface area contributed by atoms with Gasteiger partial charge < -0.3 is 9.88 Å². The quantitative estimate of drug-likeness (QED) is 0.910. The molecule has 0 atom stereocenters. The van der Waals surface area contributed by atoms with Crippen molar-refractivity contribution < 1.29 is 13.2 Å². The summed E-state index contributed by atoms with van der Waals surface area (Å²) >= 11 is 0. The zero-order valence-corrected chi connectivity index (χ0v) is 14.2. The largest absolute Gasteiger partial charge is 0.365 e. The van der Waals surface area contributed by atoms with E-state index in [1.807, 2.05) is 12.1 Å². The number of nitrogens with zero attached hydrogens (tertiary/aromatic N) is 2. The summed E-state index contributed by atoms with van der Waals surface area (Å²) in [5.41, 5.74) is 0.873. The van der Waals surface area contributed by atoms with E-state index >= 15 is 0 Å². The van der Waals surface area contributed by atoms with Gasteiger partial charge in [-0.1, -0.05) is 18.2 Å². The minimum atomic E-state index is -3.50. The number of hydrogen-bond donors (Lipinski definition) is 1. The van der Waals surface area contributed by atoms with Crippen molar-refractivity contribution in [2.45, 2.75) is 17.7 Å². The van der Waals surface area contributed by atoms with Crippen molar-refractivity contribution >= 4 is 15.9 Å². The highest BCUT2D eigenvalue weighted by molar-refractivity contribution is 7.89. The SMILES string of the molecule is O=C(Cc1ccc[nH]1)N1CCCN(S(=O)(=O)c2ccccc2)CC1. The highest BCUT2D eigenvalue weighted by Gasteiger charge is 2.28. The summed E-state index contributed by atoms with van der Waals surface area (Å²) in [7, 11) is -3.50. The van der Waals surface area contributed by atoms with Gasteiger partial charge in [0.05, 0.1) is 11.3 Å². The maximum absolute atomic E-state index is 12.7. The first-order chi connectivity index (χ1) is 11.6. The molecule has 1 aromatic carbocycles. The average molecular weight is 347 g/mol. The van der Waals surface area contributed by atoms with E-state index in [1.165, 1.54) is 4.31 Å². The lowest BCUT2D eigenvalue weighted by molar-refractivity contribution is -0.130. The van der Waals surface area contributed by atoms with E-state index in [1.54, 1.807) is 41.4 Å². The lowest BCUT2D eigenvalue weighted by atomic mass is 10.2. The highest BCUT2D eigenvalue weighted by Crippen LogP contribution is 2.17. The Kier molecular flexibility index (Phi) is 5.01. The Hall–Kier alpha value is -2.12. The minimum absolute atomic E-state index is 0.0245. The standard InChI is InChI=1S/C17H21N3O3S/c21-17(14-15-6-4-9-18-15)19-10-5-11-20(13-12-19)24(22,23)16-7-2-1-3-8-16/h1-4,6-9,18H,5,10-14H2. The van der Waals surface area contributed by atoms with Gasteiger partial charge in [0.15, 0.2) is 0 Å². The molecule has 3 rings (SSSR count). The first-order valence-electron chi connectivity index (χ1n) is 8.02. The van der Waals surface area contributed by atoms with Crippen LogP contribution in [0.1, 0.15) is 12.1 Å². The molecule has 0 spiro atoms. The van der Waals surface area contributed by atoms with Crippen LogP contribution in [0.25, 0.3) is 0 Å². The van der Waals surface area contributed by atoms with Crippen LogP contribution in [0.15, 0.2) is 53.6 Å². The van der Waals surface area contributed by atoms with Crippen LogP contribution in [0.5, 0.6) is 0 Å². The number of sulfonamides is 1. The lowest BCUT2D eigenvalue weighted by Crippen LogP contribution is -2.38. The number of benzene rings is 1. The summed E-state index contributed by atoms with van der Waals surface area (Å²) in [5.74, 6) is 0.0245.